The van der Waals surface area contributed by atoms with E-state index in [-0.39, 0.29) is 29.7 Å². The zero-order valence-electron chi connectivity index (χ0n) is 15.6. The third-order valence-corrected chi connectivity index (χ3v) is 6.38. The number of aromatic amines is 1. The molecule has 4 heterocycles. The number of benzene rings is 1. The Labute approximate surface area is 169 Å². The highest BCUT2D eigenvalue weighted by Crippen LogP contribution is 2.25. The smallest absolute Gasteiger partial charge is 0.326 e. The summed E-state index contributed by atoms with van der Waals surface area (Å²) in [6.07, 6.45) is 2.84. The van der Waals surface area contributed by atoms with Crippen molar-refractivity contribution < 1.29 is 4.79 Å². The molecule has 0 unspecified atom stereocenters. The summed E-state index contributed by atoms with van der Waals surface area (Å²) in [5.41, 5.74) is 1.41. The molecule has 8 nitrogen and oxygen atoms in total. The summed E-state index contributed by atoms with van der Waals surface area (Å²) >= 11 is 1.41. The van der Waals surface area contributed by atoms with Crippen molar-refractivity contribution in [3.8, 4) is 0 Å². The number of hydrogen-bond acceptors (Lipinski definition) is 5. The van der Waals surface area contributed by atoms with Crippen LogP contribution in [-0.2, 0) is 11.3 Å². The second kappa shape index (κ2) is 7.00. The highest BCUT2D eigenvalue weighted by atomic mass is 32.1. The Morgan fingerprint density at radius 2 is 1.97 bits per heavy atom. The van der Waals surface area contributed by atoms with Crippen molar-refractivity contribution in [3.63, 3.8) is 0 Å². The Morgan fingerprint density at radius 3 is 2.79 bits per heavy atom. The van der Waals surface area contributed by atoms with E-state index in [1.807, 2.05) is 29.6 Å². The summed E-state index contributed by atoms with van der Waals surface area (Å²) in [7, 11) is 0. The highest BCUT2D eigenvalue weighted by Gasteiger charge is 2.26. The van der Waals surface area contributed by atoms with Gasteiger partial charge in [-0.1, -0.05) is 12.1 Å². The first-order valence-corrected chi connectivity index (χ1v) is 10.4. The van der Waals surface area contributed by atoms with Gasteiger partial charge in [-0.05, 0) is 36.4 Å². The molecule has 4 aromatic rings. The number of thiophene rings is 1. The van der Waals surface area contributed by atoms with Gasteiger partial charge in [0.1, 0.15) is 11.4 Å². The fourth-order valence-electron chi connectivity index (χ4n) is 4.06. The number of rotatable bonds is 3. The summed E-state index contributed by atoms with van der Waals surface area (Å²) in [5.74, 6) is -0.104. The van der Waals surface area contributed by atoms with Crippen LogP contribution >= 0.6 is 11.3 Å². The minimum atomic E-state index is -0.190. The van der Waals surface area contributed by atoms with Crippen LogP contribution in [0.4, 0.5) is 0 Å². The van der Waals surface area contributed by atoms with Crippen molar-refractivity contribution in [2.75, 3.05) is 13.1 Å². The number of para-hydroxylation sites is 2. The number of nitrogens with one attached hydrogen (secondary N) is 1. The van der Waals surface area contributed by atoms with E-state index in [0.29, 0.717) is 36.1 Å². The lowest BCUT2D eigenvalue weighted by atomic mass is 10.0. The van der Waals surface area contributed by atoms with Crippen molar-refractivity contribution in [3.05, 3.63) is 62.9 Å². The largest absolute Gasteiger partial charge is 0.341 e. The highest BCUT2D eigenvalue weighted by molar-refractivity contribution is 7.16. The normalized spacial score (nSPS) is 15.4. The van der Waals surface area contributed by atoms with Gasteiger partial charge >= 0.3 is 5.69 Å². The topological polar surface area (TPSA) is 93.0 Å². The predicted octanol–water partition coefficient (Wildman–Crippen LogP) is 1.96. The van der Waals surface area contributed by atoms with Gasteiger partial charge in [0.25, 0.3) is 5.56 Å². The van der Waals surface area contributed by atoms with Gasteiger partial charge in [-0.2, -0.15) is 0 Å². The number of aromatic nitrogens is 4. The predicted molar refractivity (Wildman–Crippen MR) is 111 cm³/mol. The Bertz CT molecular complexity index is 1320. The van der Waals surface area contributed by atoms with Gasteiger partial charge in [0.2, 0.25) is 5.91 Å². The number of amides is 1. The molecule has 1 amide bonds. The fraction of sp³-hybridized carbons (Fsp3) is 0.300. The van der Waals surface area contributed by atoms with E-state index in [1.165, 1.54) is 22.2 Å². The van der Waals surface area contributed by atoms with E-state index in [0.717, 1.165) is 11.0 Å². The molecule has 5 rings (SSSR count). The summed E-state index contributed by atoms with van der Waals surface area (Å²) in [6.45, 7) is 1.09. The summed E-state index contributed by atoms with van der Waals surface area (Å²) in [4.78, 5) is 47.2. The van der Waals surface area contributed by atoms with Crippen LogP contribution in [-0.4, -0.2) is 43.0 Å². The van der Waals surface area contributed by atoms with Crippen molar-refractivity contribution in [1.29, 1.82) is 0 Å². The maximum absolute atomic E-state index is 12.7. The third-order valence-electron chi connectivity index (χ3n) is 5.56. The minimum absolute atomic E-state index is 0.0185. The molecule has 0 radical (unpaired) electrons. The first kappa shape index (κ1) is 17.9. The molecule has 0 aliphatic carbocycles. The summed E-state index contributed by atoms with van der Waals surface area (Å²) in [6, 6.07) is 9.43. The molecule has 0 saturated carbocycles. The molecular formula is C20H19N5O3S. The molecule has 1 aliphatic rings. The SMILES string of the molecule is O=C(Cn1cnc2sccc2c1=O)N1CCC(n2c(=O)[nH]c3ccccc32)CC1. The van der Waals surface area contributed by atoms with Gasteiger partial charge in [-0.25, -0.2) is 9.78 Å². The van der Waals surface area contributed by atoms with Gasteiger partial charge in [0.15, 0.2) is 0 Å². The molecule has 1 fully saturated rings. The van der Waals surface area contributed by atoms with Crippen LogP contribution in [0.2, 0.25) is 0 Å². The molecule has 0 spiro atoms. The van der Waals surface area contributed by atoms with Crippen molar-refractivity contribution in [1.82, 2.24) is 24.0 Å². The molecular weight excluding hydrogens is 390 g/mol. The Hall–Kier alpha value is -3.20. The average Bonchev–Trinajstić information content (AvgIpc) is 3.34. The van der Waals surface area contributed by atoms with Crippen LogP contribution in [0.25, 0.3) is 21.3 Å². The van der Waals surface area contributed by atoms with E-state index in [2.05, 4.69) is 9.97 Å². The number of piperidine rings is 1. The minimum Gasteiger partial charge on any atom is -0.341 e. The zero-order valence-corrected chi connectivity index (χ0v) is 16.4. The first-order chi connectivity index (χ1) is 14.1. The van der Waals surface area contributed by atoms with E-state index in [9.17, 15) is 14.4 Å². The van der Waals surface area contributed by atoms with Gasteiger partial charge in [0.05, 0.1) is 22.7 Å². The zero-order chi connectivity index (χ0) is 20.0. The Morgan fingerprint density at radius 1 is 1.17 bits per heavy atom. The number of imidazole rings is 1. The molecule has 29 heavy (non-hydrogen) atoms. The standard InChI is InChI=1S/C20H19N5O3S/c26-17(11-24-12-21-18-14(19(24)27)7-10-29-18)23-8-5-13(6-9-23)25-16-4-2-1-3-15(16)22-20(25)28/h1-4,7,10,12-13H,5-6,8-9,11H2,(H,22,28). The summed E-state index contributed by atoms with van der Waals surface area (Å²) < 4.78 is 3.17. The first-order valence-electron chi connectivity index (χ1n) is 9.51. The second-order valence-corrected chi connectivity index (χ2v) is 8.14. The van der Waals surface area contributed by atoms with Crippen LogP contribution in [0, 0.1) is 0 Å². The van der Waals surface area contributed by atoms with Crippen molar-refractivity contribution >= 4 is 38.5 Å². The quantitative estimate of drug-likeness (QED) is 0.560. The van der Waals surface area contributed by atoms with Crippen LogP contribution in [0.5, 0.6) is 0 Å². The Balaban J connectivity index is 1.30. The van der Waals surface area contributed by atoms with Crippen LogP contribution in [0.15, 0.2) is 51.6 Å². The number of H-pyrrole nitrogens is 1. The Kier molecular flexibility index (Phi) is 4.31. The lowest BCUT2D eigenvalue weighted by Crippen LogP contribution is -2.42. The number of hydrogen-bond donors (Lipinski definition) is 1. The molecule has 0 atom stereocenters. The van der Waals surface area contributed by atoms with E-state index < -0.39 is 0 Å². The number of carbonyl (C=O) groups is 1. The molecule has 1 aliphatic heterocycles. The maximum Gasteiger partial charge on any atom is 0.326 e. The monoisotopic (exact) mass is 409 g/mol. The van der Waals surface area contributed by atoms with E-state index in [1.54, 1.807) is 15.5 Å². The van der Waals surface area contributed by atoms with Gasteiger partial charge in [-0.15, -0.1) is 11.3 Å². The number of likely N-dealkylation sites (tertiary alicyclic amines) is 1. The molecule has 3 aromatic heterocycles. The molecule has 0 bridgehead atoms. The lowest BCUT2D eigenvalue weighted by molar-refractivity contribution is -0.133. The third kappa shape index (κ3) is 3.07. The van der Waals surface area contributed by atoms with Gasteiger partial charge in [-0.3, -0.25) is 18.7 Å². The van der Waals surface area contributed by atoms with Crippen LogP contribution < -0.4 is 11.2 Å². The molecule has 1 N–H and O–H groups in total. The molecule has 148 valence electrons. The van der Waals surface area contributed by atoms with Crippen LogP contribution in [0.3, 0.4) is 0 Å². The van der Waals surface area contributed by atoms with Crippen molar-refractivity contribution in [2.45, 2.75) is 25.4 Å². The maximum atomic E-state index is 12.7. The average molecular weight is 409 g/mol. The molecule has 9 heteroatoms. The van der Waals surface area contributed by atoms with E-state index in [4.69, 9.17) is 0 Å². The number of nitrogens with zero attached hydrogens (tertiary/aromatic N) is 4. The van der Waals surface area contributed by atoms with Crippen LogP contribution in [0.1, 0.15) is 18.9 Å². The van der Waals surface area contributed by atoms with Crippen molar-refractivity contribution in [2.24, 2.45) is 0 Å². The second-order valence-electron chi connectivity index (χ2n) is 7.25. The molecule has 1 saturated heterocycles. The summed E-state index contributed by atoms with van der Waals surface area (Å²) in [5, 5.41) is 2.37. The number of fused-ring (bicyclic) bond motifs is 2. The molecule has 1 aromatic carbocycles. The van der Waals surface area contributed by atoms with Gasteiger partial charge < -0.3 is 9.88 Å². The van der Waals surface area contributed by atoms with Gasteiger partial charge in [0, 0.05) is 19.1 Å². The lowest BCUT2D eigenvalue weighted by Gasteiger charge is -2.32. The number of carbonyl (C=O) groups excluding carboxylic acids is 1. The fourth-order valence-corrected chi connectivity index (χ4v) is 4.79. The van der Waals surface area contributed by atoms with E-state index >= 15 is 0 Å².